The molecule has 0 N–H and O–H groups in total. The van der Waals surface area contributed by atoms with Gasteiger partial charge in [-0.2, -0.15) is 0 Å². The van der Waals surface area contributed by atoms with E-state index in [0.29, 0.717) is 12.2 Å². The van der Waals surface area contributed by atoms with Crippen molar-refractivity contribution in [3.8, 4) is 11.8 Å². The normalized spacial score (nSPS) is 21.4. The highest BCUT2D eigenvalue weighted by molar-refractivity contribution is 5.87. The lowest BCUT2D eigenvalue weighted by atomic mass is 9.75. The lowest BCUT2D eigenvalue weighted by molar-refractivity contribution is -0.122. The molecule has 1 heteroatoms. The third kappa shape index (κ3) is 3.23. The minimum absolute atomic E-state index is 0.0591. The van der Waals surface area contributed by atoms with Crippen LogP contribution in [-0.2, 0) is 4.79 Å². The smallest absolute Gasteiger partial charge is 0.141 e. The van der Waals surface area contributed by atoms with Crippen molar-refractivity contribution in [3.05, 3.63) is 71.8 Å². The molecule has 2 aromatic rings. The van der Waals surface area contributed by atoms with Gasteiger partial charge in [0.25, 0.3) is 0 Å². The van der Waals surface area contributed by atoms with E-state index in [9.17, 15) is 4.79 Å². The van der Waals surface area contributed by atoms with Gasteiger partial charge in [0, 0.05) is 17.9 Å². The van der Waals surface area contributed by atoms with Gasteiger partial charge < -0.3 is 0 Å². The summed E-state index contributed by atoms with van der Waals surface area (Å²) in [6.45, 7) is 0. The Labute approximate surface area is 126 Å². The van der Waals surface area contributed by atoms with Crippen LogP contribution in [0.5, 0.6) is 0 Å². The Morgan fingerprint density at radius 1 is 0.905 bits per heavy atom. The van der Waals surface area contributed by atoms with Crippen molar-refractivity contribution in [3.63, 3.8) is 0 Å². The van der Waals surface area contributed by atoms with Crippen molar-refractivity contribution >= 4 is 5.78 Å². The highest BCUT2D eigenvalue weighted by atomic mass is 16.1. The first-order valence-corrected chi connectivity index (χ1v) is 7.49. The summed E-state index contributed by atoms with van der Waals surface area (Å²) in [6, 6.07) is 20.1. The molecule has 0 amide bonds. The highest BCUT2D eigenvalue weighted by Crippen LogP contribution is 2.34. The van der Waals surface area contributed by atoms with E-state index < -0.39 is 0 Å². The lowest BCUT2D eigenvalue weighted by Gasteiger charge is -2.27. The Morgan fingerprint density at radius 2 is 1.57 bits per heavy atom. The molecule has 104 valence electrons. The second-order valence-corrected chi connectivity index (χ2v) is 5.49. The zero-order chi connectivity index (χ0) is 14.5. The molecular weight excluding hydrogens is 256 g/mol. The van der Waals surface area contributed by atoms with Crippen LogP contribution in [-0.4, -0.2) is 5.78 Å². The summed E-state index contributed by atoms with van der Waals surface area (Å²) >= 11 is 0. The Kier molecular flexibility index (Phi) is 4.17. The number of hydrogen-bond donors (Lipinski definition) is 0. The summed E-state index contributed by atoms with van der Waals surface area (Å²) in [5.74, 6) is 6.99. The SMILES string of the molecule is O=C1CCCC(C#Cc2ccccc2)C1c1ccccc1. The average Bonchev–Trinajstić information content (AvgIpc) is 2.55. The first-order chi connectivity index (χ1) is 10.3. The Morgan fingerprint density at radius 3 is 2.29 bits per heavy atom. The van der Waals surface area contributed by atoms with Crippen LogP contribution in [0.15, 0.2) is 60.7 Å². The molecule has 0 aliphatic heterocycles. The number of benzene rings is 2. The van der Waals surface area contributed by atoms with Crippen LogP contribution in [0, 0.1) is 17.8 Å². The zero-order valence-corrected chi connectivity index (χ0v) is 12.0. The molecule has 0 saturated heterocycles. The van der Waals surface area contributed by atoms with E-state index in [0.717, 1.165) is 24.0 Å². The van der Waals surface area contributed by atoms with Crippen molar-refractivity contribution in [1.29, 1.82) is 0 Å². The number of hydrogen-bond acceptors (Lipinski definition) is 1. The Balaban J connectivity index is 1.89. The molecule has 0 aromatic heterocycles. The molecule has 2 atom stereocenters. The van der Waals surface area contributed by atoms with E-state index in [1.165, 1.54) is 0 Å². The maximum Gasteiger partial charge on any atom is 0.141 e. The van der Waals surface area contributed by atoms with Gasteiger partial charge in [0.1, 0.15) is 5.78 Å². The monoisotopic (exact) mass is 274 g/mol. The lowest BCUT2D eigenvalue weighted by Crippen LogP contribution is -2.25. The van der Waals surface area contributed by atoms with Crippen LogP contribution in [0.4, 0.5) is 0 Å². The predicted octanol–water partition coefficient (Wildman–Crippen LogP) is 4.19. The van der Waals surface area contributed by atoms with Crippen LogP contribution >= 0.6 is 0 Å². The first kappa shape index (κ1) is 13.6. The molecule has 0 bridgehead atoms. The van der Waals surface area contributed by atoms with Crippen molar-refractivity contribution in [1.82, 2.24) is 0 Å². The number of Topliss-reactive ketones (excluding diaryl/α,β-unsaturated/α-hetero) is 1. The van der Waals surface area contributed by atoms with E-state index >= 15 is 0 Å². The molecule has 1 aliphatic carbocycles. The molecule has 2 unspecified atom stereocenters. The van der Waals surface area contributed by atoms with Crippen molar-refractivity contribution in [2.45, 2.75) is 25.2 Å². The molecule has 0 heterocycles. The fourth-order valence-electron chi connectivity index (χ4n) is 2.97. The van der Waals surface area contributed by atoms with Gasteiger partial charge in [-0.05, 0) is 30.5 Å². The fourth-order valence-corrected chi connectivity index (χ4v) is 2.97. The summed E-state index contributed by atoms with van der Waals surface area (Å²) in [5, 5.41) is 0. The standard InChI is InChI=1S/C20H18O/c21-19-13-7-12-18(15-14-16-8-3-1-4-9-16)20(19)17-10-5-2-6-11-17/h1-6,8-11,18,20H,7,12-13H2. The van der Waals surface area contributed by atoms with Gasteiger partial charge in [-0.3, -0.25) is 4.79 Å². The molecule has 3 rings (SSSR count). The van der Waals surface area contributed by atoms with E-state index in [1.807, 2.05) is 60.7 Å². The van der Waals surface area contributed by atoms with Gasteiger partial charge in [-0.1, -0.05) is 60.4 Å². The van der Waals surface area contributed by atoms with Crippen LogP contribution in [0.2, 0.25) is 0 Å². The van der Waals surface area contributed by atoms with E-state index in [4.69, 9.17) is 0 Å². The van der Waals surface area contributed by atoms with Crippen LogP contribution in [0.25, 0.3) is 0 Å². The number of carbonyl (C=O) groups is 1. The minimum atomic E-state index is -0.0591. The molecule has 0 spiro atoms. The van der Waals surface area contributed by atoms with Crippen LogP contribution in [0.1, 0.15) is 36.3 Å². The maximum absolute atomic E-state index is 12.3. The summed E-state index contributed by atoms with van der Waals surface area (Å²) in [4.78, 5) is 12.3. The number of carbonyl (C=O) groups excluding carboxylic acids is 1. The van der Waals surface area contributed by atoms with Gasteiger partial charge >= 0.3 is 0 Å². The van der Waals surface area contributed by atoms with Gasteiger partial charge in [0.2, 0.25) is 0 Å². The summed E-state index contributed by atoms with van der Waals surface area (Å²) < 4.78 is 0. The Bertz CT molecular complexity index is 661. The summed E-state index contributed by atoms with van der Waals surface area (Å²) in [7, 11) is 0. The third-order valence-corrected chi connectivity index (χ3v) is 4.02. The molecular formula is C20H18O. The number of ketones is 1. The van der Waals surface area contributed by atoms with Crippen molar-refractivity contribution < 1.29 is 4.79 Å². The van der Waals surface area contributed by atoms with E-state index in [2.05, 4.69) is 11.8 Å². The van der Waals surface area contributed by atoms with Crippen LogP contribution in [0.3, 0.4) is 0 Å². The minimum Gasteiger partial charge on any atom is -0.299 e. The topological polar surface area (TPSA) is 17.1 Å². The zero-order valence-electron chi connectivity index (χ0n) is 12.0. The molecule has 1 fully saturated rings. The van der Waals surface area contributed by atoms with Gasteiger partial charge in [0.05, 0.1) is 5.92 Å². The quantitative estimate of drug-likeness (QED) is 0.713. The summed E-state index contributed by atoms with van der Waals surface area (Å²) in [5.41, 5.74) is 2.12. The van der Waals surface area contributed by atoms with Crippen LogP contribution < -0.4 is 0 Å². The molecule has 2 aromatic carbocycles. The highest BCUT2D eigenvalue weighted by Gasteiger charge is 2.31. The second kappa shape index (κ2) is 6.41. The Hall–Kier alpha value is -2.33. The average molecular weight is 274 g/mol. The fraction of sp³-hybridized carbons (Fsp3) is 0.250. The molecule has 1 saturated carbocycles. The van der Waals surface area contributed by atoms with Gasteiger partial charge in [-0.25, -0.2) is 0 Å². The molecule has 21 heavy (non-hydrogen) atoms. The molecule has 1 aliphatic rings. The molecule has 0 radical (unpaired) electrons. The summed E-state index contributed by atoms with van der Waals surface area (Å²) in [6.07, 6.45) is 2.64. The largest absolute Gasteiger partial charge is 0.299 e. The van der Waals surface area contributed by atoms with E-state index in [1.54, 1.807) is 0 Å². The van der Waals surface area contributed by atoms with Crippen molar-refractivity contribution in [2.24, 2.45) is 5.92 Å². The molecule has 1 nitrogen and oxygen atoms in total. The van der Waals surface area contributed by atoms with Crippen molar-refractivity contribution in [2.75, 3.05) is 0 Å². The maximum atomic E-state index is 12.3. The predicted molar refractivity (Wildman–Crippen MR) is 84.9 cm³/mol. The van der Waals surface area contributed by atoms with Gasteiger partial charge in [-0.15, -0.1) is 0 Å². The second-order valence-electron chi connectivity index (χ2n) is 5.49. The number of rotatable bonds is 1. The first-order valence-electron chi connectivity index (χ1n) is 7.49. The third-order valence-electron chi connectivity index (χ3n) is 4.02. The van der Waals surface area contributed by atoms with Gasteiger partial charge in [0.15, 0.2) is 0 Å². The van der Waals surface area contributed by atoms with E-state index in [-0.39, 0.29) is 11.8 Å².